The molecule has 0 radical (unpaired) electrons. The van der Waals surface area contributed by atoms with Gasteiger partial charge in [-0.25, -0.2) is 0 Å². The van der Waals surface area contributed by atoms with Crippen LogP contribution in [-0.2, 0) is 11.6 Å². The standard InChI is InChI=1S/C18H26F3NSi/c1-16(2,3)15-11-14(18(19,20)21)13(12-22-15)9-10-23(7,8)17(4,5)6/h11-12H,1-8H3. The minimum Gasteiger partial charge on any atom is -0.259 e. The monoisotopic (exact) mass is 341 g/mol. The molecule has 0 aromatic carbocycles. The molecule has 0 saturated carbocycles. The van der Waals surface area contributed by atoms with E-state index in [1.54, 1.807) is 0 Å². The third-order valence-corrected chi connectivity index (χ3v) is 8.86. The highest BCUT2D eigenvalue weighted by atomic mass is 28.3. The Balaban J connectivity index is 3.46. The Morgan fingerprint density at radius 2 is 1.52 bits per heavy atom. The molecule has 0 aliphatic rings. The quantitative estimate of drug-likeness (QED) is 0.429. The van der Waals surface area contributed by atoms with Gasteiger partial charge in [0.25, 0.3) is 0 Å². The number of alkyl halides is 3. The molecular formula is C18H26F3NSi. The normalized spacial score (nSPS) is 13.5. The first-order chi connectivity index (χ1) is 10.1. The Morgan fingerprint density at radius 3 is 1.91 bits per heavy atom. The molecule has 1 rings (SSSR count). The number of halogens is 3. The van der Waals surface area contributed by atoms with Gasteiger partial charge in [-0.1, -0.05) is 60.6 Å². The van der Waals surface area contributed by atoms with Crippen LogP contribution in [0.2, 0.25) is 18.1 Å². The molecule has 23 heavy (non-hydrogen) atoms. The van der Waals surface area contributed by atoms with E-state index in [2.05, 4.69) is 50.3 Å². The van der Waals surface area contributed by atoms with Gasteiger partial charge in [-0.3, -0.25) is 4.98 Å². The smallest absolute Gasteiger partial charge is 0.259 e. The van der Waals surface area contributed by atoms with Crippen molar-refractivity contribution in [3.63, 3.8) is 0 Å². The molecule has 1 aromatic heterocycles. The molecule has 128 valence electrons. The molecule has 5 heteroatoms. The van der Waals surface area contributed by atoms with E-state index in [-0.39, 0.29) is 10.6 Å². The Bertz CT molecular complexity index is 635. The van der Waals surface area contributed by atoms with E-state index in [1.807, 2.05) is 20.8 Å². The first-order valence-electron chi connectivity index (χ1n) is 7.66. The van der Waals surface area contributed by atoms with Crippen LogP contribution in [0.1, 0.15) is 58.4 Å². The Hall–Kier alpha value is -1.28. The highest BCUT2D eigenvalue weighted by Crippen LogP contribution is 2.36. The predicted molar refractivity (Wildman–Crippen MR) is 92.0 cm³/mol. The van der Waals surface area contributed by atoms with E-state index in [0.717, 1.165) is 6.07 Å². The molecule has 1 aromatic rings. The number of hydrogen-bond acceptors (Lipinski definition) is 1. The SMILES string of the molecule is CC(C)(C)c1cc(C(F)(F)F)c(C#C[Si](C)(C)C(C)(C)C)cn1. The summed E-state index contributed by atoms with van der Waals surface area (Å²) < 4.78 is 40.2. The second-order valence-electron chi connectivity index (χ2n) is 8.49. The number of aromatic nitrogens is 1. The second kappa shape index (κ2) is 5.97. The maximum Gasteiger partial charge on any atom is 0.417 e. The van der Waals surface area contributed by atoms with Gasteiger partial charge < -0.3 is 0 Å². The largest absolute Gasteiger partial charge is 0.417 e. The van der Waals surface area contributed by atoms with Crippen LogP contribution in [0.3, 0.4) is 0 Å². The zero-order chi connectivity index (χ0) is 18.3. The van der Waals surface area contributed by atoms with Crippen molar-refractivity contribution in [3.8, 4) is 11.5 Å². The van der Waals surface area contributed by atoms with Crippen molar-refractivity contribution < 1.29 is 13.2 Å². The van der Waals surface area contributed by atoms with Crippen molar-refractivity contribution in [2.45, 2.75) is 71.3 Å². The van der Waals surface area contributed by atoms with E-state index >= 15 is 0 Å². The molecule has 0 unspecified atom stereocenters. The lowest BCUT2D eigenvalue weighted by Crippen LogP contribution is -2.35. The molecule has 0 spiro atoms. The minimum absolute atomic E-state index is 0.00280. The molecule has 0 N–H and O–H groups in total. The average molecular weight is 341 g/mol. The van der Waals surface area contributed by atoms with Crippen LogP contribution in [0.25, 0.3) is 0 Å². The highest BCUT2D eigenvalue weighted by Gasteiger charge is 2.36. The van der Waals surface area contributed by atoms with Crippen molar-refractivity contribution in [2.75, 3.05) is 0 Å². The maximum atomic E-state index is 13.4. The van der Waals surface area contributed by atoms with Crippen LogP contribution in [0, 0.1) is 11.5 Å². The summed E-state index contributed by atoms with van der Waals surface area (Å²) in [6.07, 6.45) is -3.16. The molecule has 0 fully saturated rings. The number of nitrogens with zero attached hydrogens (tertiary/aromatic N) is 1. The van der Waals surface area contributed by atoms with E-state index in [1.165, 1.54) is 6.20 Å². The Morgan fingerprint density at radius 1 is 1.00 bits per heavy atom. The number of pyridine rings is 1. The zero-order valence-corrected chi connectivity index (χ0v) is 16.2. The van der Waals surface area contributed by atoms with Gasteiger partial charge in [-0.2, -0.15) is 13.2 Å². The lowest BCUT2D eigenvalue weighted by molar-refractivity contribution is -0.137. The first kappa shape index (κ1) is 19.8. The van der Waals surface area contributed by atoms with Crippen molar-refractivity contribution in [2.24, 2.45) is 0 Å². The fourth-order valence-corrected chi connectivity index (χ4v) is 2.43. The van der Waals surface area contributed by atoms with E-state index < -0.39 is 25.2 Å². The molecule has 0 atom stereocenters. The molecule has 0 aliphatic carbocycles. The lowest BCUT2D eigenvalue weighted by Gasteiger charge is -2.31. The van der Waals surface area contributed by atoms with Crippen LogP contribution < -0.4 is 0 Å². The second-order valence-corrected chi connectivity index (χ2v) is 13.5. The number of rotatable bonds is 0. The summed E-state index contributed by atoms with van der Waals surface area (Å²) in [5.74, 6) is 2.77. The van der Waals surface area contributed by atoms with E-state index in [9.17, 15) is 13.2 Å². The third kappa shape index (κ3) is 4.84. The van der Waals surface area contributed by atoms with Crippen LogP contribution in [0.5, 0.6) is 0 Å². The Labute approximate surface area is 138 Å². The molecular weight excluding hydrogens is 315 g/mol. The fraction of sp³-hybridized carbons (Fsp3) is 0.611. The summed E-state index contributed by atoms with van der Waals surface area (Å²) in [6, 6.07) is 1.13. The van der Waals surface area contributed by atoms with Crippen molar-refractivity contribution in [1.29, 1.82) is 0 Å². The summed E-state index contributed by atoms with van der Waals surface area (Å²) in [7, 11) is -1.98. The van der Waals surface area contributed by atoms with Crippen molar-refractivity contribution >= 4 is 8.07 Å². The van der Waals surface area contributed by atoms with Crippen molar-refractivity contribution in [3.05, 3.63) is 29.1 Å². The molecule has 0 saturated heterocycles. The summed E-state index contributed by atoms with van der Waals surface area (Å²) in [4.78, 5) is 4.20. The van der Waals surface area contributed by atoms with Crippen LogP contribution in [-0.4, -0.2) is 13.1 Å². The van der Waals surface area contributed by atoms with E-state index in [0.29, 0.717) is 5.69 Å². The third-order valence-electron chi connectivity index (χ3n) is 4.36. The van der Waals surface area contributed by atoms with Gasteiger partial charge in [0.2, 0.25) is 0 Å². The van der Waals surface area contributed by atoms with Gasteiger partial charge in [0.05, 0.1) is 11.1 Å². The molecule has 0 amide bonds. The van der Waals surface area contributed by atoms with Gasteiger partial charge in [-0.15, -0.1) is 5.54 Å². The predicted octanol–water partition coefficient (Wildman–Crippen LogP) is 5.80. The summed E-state index contributed by atoms with van der Waals surface area (Å²) >= 11 is 0. The highest BCUT2D eigenvalue weighted by molar-refractivity contribution is 6.87. The summed E-state index contributed by atoms with van der Waals surface area (Å²) in [5, 5.41) is -0.00280. The Kier molecular flexibility index (Phi) is 5.13. The van der Waals surface area contributed by atoms with Crippen LogP contribution in [0.4, 0.5) is 13.2 Å². The summed E-state index contributed by atoms with van der Waals surface area (Å²) in [6.45, 7) is 15.9. The van der Waals surface area contributed by atoms with Gasteiger partial charge in [0.1, 0.15) is 8.07 Å². The maximum absolute atomic E-state index is 13.4. The topological polar surface area (TPSA) is 12.9 Å². The zero-order valence-electron chi connectivity index (χ0n) is 15.2. The minimum atomic E-state index is -4.43. The lowest BCUT2D eigenvalue weighted by atomic mass is 9.90. The van der Waals surface area contributed by atoms with Crippen LogP contribution >= 0.6 is 0 Å². The molecule has 0 aliphatic heterocycles. The summed E-state index contributed by atoms with van der Waals surface area (Å²) in [5.41, 5.74) is 2.39. The molecule has 1 nitrogen and oxygen atoms in total. The molecule has 0 bridgehead atoms. The van der Waals surface area contributed by atoms with E-state index in [4.69, 9.17) is 0 Å². The van der Waals surface area contributed by atoms with Gasteiger partial charge in [0.15, 0.2) is 0 Å². The number of hydrogen-bond donors (Lipinski definition) is 0. The van der Waals surface area contributed by atoms with Crippen LogP contribution in [0.15, 0.2) is 12.3 Å². The average Bonchev–Trinajstić information content (AvgIpc) is 2.32. The fourth-order valence-electron chi connectivity index (χ4n) is 1.61. The first-order valence-corrected chi connectivity index (χ1v) is 10.7. The molecule has 1 heterocycles. The van der Waals surface area contributed by atoms with Gasteiger partial charge >= 0.3 is 6.18 Å². The van der Waals surface area contributed by atoms with Gasteiger partial charge in [0, 0.05) is 17.3 Å². The van der Waals surface area contributed by atoms with Crippen molar-refractivity contribution in [1.82, 2.24) is 4.98 Å². The van der Waals surface area contributed by atoms with Gasteiger partial charge in [-0.05, 0) is 11.1 Å².